The minimum Gasteiger partial charge on any atom is -0.497 e. The van der Waals surface area contributed by atoms with E-state index in [0.717, 1.165) is 17.1 Å². The number of carboxylic acids is 1. The second-order valence-corrected chi connectivity index (χ2v) is 8.84. The molecule has 36 heavy (non-hydrogen) atoms. The molecule has 4 rings (SSSR count). The molecule has 1 atom stereocenters. The van der Waals surface area contributed by atoms with Crippen molar-refractivity contribution in [3.05, 3.63) is 76.3 Å². The minimum atomic E-state index is -0.910. The van der Waals surface area contributed by atoms with Gasteiger partial charge in [0, 0.05) is 23.6 Å². The average Bonchev–Trinajstić information content (AvgIpc) is 2.89. The van der Waals surface area contributed by atoms with Crippen LogP contribution in [0.15, 0.2) is 54.6 Å². The third-order valence-electron chi connectivity index (χ3n) is 6.14. The number of aryl methyl sites for hydroxylation is 1. The van der Waals surface area contributed by atoms with Gasteiger partial charge in [0.1, 0.15) is 28.7 Å². The van der Waals surface area contributed by atoms with Crippen molar-refractivity contribution in [1.82, 2.24) is 0 Å². The third kappa shape index (κ3) is 5.74. The fourth-order valence-corrected chi connectivity index (χ4v) is 4.43. The Hall–Kier alpha value is -3.71. The molecule has 1 N–H and O–H groups in total. The maximum absolute atomic E-state index is 12.7. The molecule has 0 aliphatic carbocycles. The number of ether oxygens (including phenoxy) is 4. The first-order chi connectivity index (χ1) is 17.4. The molecule has 1 unspecified atom stereocenters. The molecule has 0 radical (unpaired) electrons. The van der Waals surface area contributed by atoms with E-state index in [9.17, 15) is 14.7 Å². The van der Waals surface area contributed by atoms with E-state index >= 15 is 0 Å². The zero-order valence-electron chi connectivity index (χ0n) is 20.1. The highest BCUT2D eigenvalue weighted by Gasteiger charge is 2.29. The van der Waals surface area contributed by atoms with Crippen molar-refractivity contribution in [1.29, 1.82) is 0 Å². The summed E-state index contributed by atoms with van der Waals surface area (Å²) in [4.78, 5) is 24.2. The number of benzene rings is 3. The predicted octanol–water partition coefficient (Wildman–Crippen LogP) is 6.31. The number of aliphatic carboxylic acids is 1. The summed E-state index contributed by atoms with van der Waals surface area (Å²) in [6.07, 6.45) is 2.14. The maximum atomic E-state index is 12.7. The smallest absolute Gasteiger partial charge is 0.311 e. The van der Waals surface area contributed by atoms with Crippen LogP contribution in [-0.4, -0.2) is 37.7 Å². The van der Waals surface area contributed by atoms with Gasteiger partial charge in [-0.05, 0) is 73.4 Å². The summed E-state index contributed by atoms with van der Waals surface area (Å²) in [5, 5.41) is 9.73. The van der Waals surface area contributed by atoms with Crippen molar-refractivity contribution in [2.24, 2.45) is 0 Å². The average molecular weight is 511 g/mol. The first-order valence-corrected chi connectivity index (χ1v) is 12.0. The first kappa shape index (κ1) is 25.4. The molecule has 0 spiro atoms. The summed E-state index contributed by atoms with van der Waals surface area (Å²) >= 11 is 6.37. The van der Waals surface area contributed by atoms with Crippen LogP contribution in [0, 0.1) is 0 Å². The molecule has 0 bridgehead atoms. The maximum Gasteiger partial charge on any atom is 0.311 e. The van der Waals surface area contributed by atoms with Crippen molar-refractivity contribution in [3.8, 4) is 28.7 Å². The van der Waals surface area contributed by atoms with Gasteiger partial charge < -0.3 is 24.1 Å². The number of hydrogen-bond donors (Lipinski definition) is 1. The molecule has 0 fully saturated rings. The molecular formula is C28H27ClO7. The third-order valence-corrected chi connectivity index (χ3v) is 6.44. The van der Waals surface area contributed by atoms with Gasteiger partial charge in [-0.15, -0.1) is 0 Å². The normalized spacial score (nSPS) is 14.4. The van der Waals surface area contributed by atoms with E-state index < -0.39 is 11.9 Å². The lowest BCUT2D eigenvalue weighted by atomic mass is 9.93. The second-order valence-electron chi connectivity index (χ2n) is 8.43. The van der Waals surface area contributed by atoms with Crippen molar-refractivity contribution in [2.75, 3.05) is 20.8 Å². The molecule has 0 aromatic heterocycles. The molecule has 1 heterocycles. The Kier molecular flexibility index (Phi) is 8.00. The van der Waals surface area contributed by atoms with Crippen LogP contribution >= 0.6 is 11.6 Å². The molecule has 3 aromatic carbocycles. The van der Waals surface area contributed by atoms with E-state index in [1.54, 1.807) is 50.6 Å². The van der Waals surface area contributed by atoms with Gasteiger partial charge in [-0.3, -0.25) is 9.59 Å². The van der Waals surface area contributed by atoms with Crippen molar-refractivity contribution in [3.63, 3.8) is 0 Å². The van der Waals surface area contributed by atoms with Crippen molar-refractivity contribution < 1.29 is 33.6 Å². The van der Waals surface area contributed by atoms with E-state index in [2.05, 4.69) is 0 Å². The van der Waals surface area contributed by atoms with E-state index in [-0.39, 0.29) is 5.78 Å². The summed E-state index contributed by atoms with van der Waals surface area (Å²) in [5.74, 6) is 1.29. The standard InChI is InChI=1S/C28H27ClO7/c1-33-20-10-11-25(34-2)18(14-20)4-3-5-24(30)17-6-8-19(9-7-17)36-27-16-26-22(15-23(27)29)21(28(31)32)12-13-35-26/h6-11,14-16,21H,3-5,12-13H2,1-2H3,(H,31,32). The van der Waals surface area contributed by atoms with E-state index in [0.29, 0.717) is 65.7 Å². The quantitative estimate of drug-likeness (QED) is 0.320. The number of hydrogen-bond acceptors (Lipinski definition) is 6. The number of Topliss-reactive ketones (excluding diaryl/α,β-unsaturated/α-hetero) is 1. The monoisotopic (exact) mass is 510 g/mol. The molecule has 3 aromatic rings. The molecule has 1 aliphatic rings. The SMILES string of the molecule is COc1ccc(OC)c(CCCC(=O)c2ccc(Oc3cc4c(cc3Cl)C(C(=O)O)CCO4)cc2)c1. The number of fused-ring (bicyclic) bond motifs is 1. The zero-order valence-corrected chi connectivity index (χ0v) is 20.8. The molecule has 0 saturated heterocycles. The van der Waals surface area contributed by atoms with Crippen LogP contribution in [-0.2, 0) is 11.2 Å². The summed E-state index contributed by atoms with van der Waals surface area (Å²) in [6, 6.07) is 15.7. The highest BCUT2D eigenvalue weighted by molar-refractivity contribution is 6.32. The van der Waals surface area contributed by atoms with Gasteiger partial charge in [-0.1, -0.05) is 11.6 Å². The van der Waals surface area contributed by atoms with Gasteiger partial charge in [0.2, 0.25) is 0 Å². The van der Waals surface area contributed by atoms with E-state index in [1.165, 1.54) is 0 Å². The highest BCUT2D eigenvalue weighted by Crippen LogP contribution is 2.41. The summed E-state index contributed by atoms with van der Waals surface area (Å²) < 4.78 is 22.2. The molecular weight excluding hydrogens is 484 g/mol. The van der Waals surface area contributed by atoms with Crippen LogP contribution in [0.4, 0.5) is 0 Å². The van der Waals surface area contributed by atoms with Gasteiger partial charge in [0.05, 0.1) is 31.8 Å². The Bertz CT molecular complexity index is 1250. The molecule has 0 saturated carbocycles. The van der Waals surface area contributed by atoms with Crippen LogP contribution in [0.3, 0.4) is 0 Å². The largest absolute Gasteiger partial charge is 0.497 e. The van der Waals surface area contributed by atoms with Crippen LogP contribution in [0.5, 0.6) is 28.7 Å². The Morgan fingerprint density at radius 1 is 1.00 bits per heavy atom. The fourth-order valence-electron chi connectivity index (χ4n) is 4.22. The van der Waals surface area contributed by atoms with E-state index in [1.807, 2.05) is 18.2 Å². The fraction of sp³-hybridized carbons (Fsp3) is 0.286. The van der Waals surface area contributed by atoms with Crippen LogP contribution in [0.25, 0.3) is 0 Å². The van der Waals surface area contributed by atoms with Gasteiger partial charge in [0.15, 0.2) is 5.78 Å². The molecule has 1 aliphatic heterocycles. The lowest BCUT2D eigenvalue weighted by molar-refractivity contribution is -0.139. The highest BCUT2D eigenvalue weighted by atomic mass is 35.5. The Labute approximate surface area is 214 Å². The lowest BCUT2D eigenvalue weighted by Crippen LogP contribution is -2.20. The Morgan fingerprint density at radius 3 is 2.44 bits per heavy atom. The van der Waals surface area contributed by atoms with Crippen molar-refractivity contribution >= 4 is 23.4 Å². The van der Waals surface area contributed by atoms with Gasteiger partial charge in [-0.2, -0.15) is 0 Å². The second kappa shape index (κ2) is 11.4. The van der Waals surface area contributed by atoms with E-state index in [4.69, 9.17) is 30.5 Å². The number of ketones is 1. The first-order valence-electron chi connectivity index (χ1n) is 11.6. The number of methoxy groups -OCH3 is 2. The van der Waals surface area contributed by atoms with Crippen LogP contribution < -0.4 is 18.9 Å². The van der Waals surface area contributed by atoms with Gasteiger partial charge >= 0.3 is 5.97 Å². The molecule has 0 amide bonds. The zero-order chi connectivity index (χ0) is 25.7. The number of rotatable bonds is 10. The Morgan fingerprint density at radius 2 is 1.75 bits per heavy atom. The summed E-state index contributed by atoms with van der Waals surface area (Å²) in [7, 11) is 3.24. The van der Waals surface area contributed by atoms with Gasteiger partial charge in [-0.25, -0.2) is 0 Å². The van der Waals surface area contributed by atoms with Crippen molar-refractivity contribution in [2.45, 2.75) is 31.6 Å². The summed E-state index contributed by atoms with van der Waals surface area (Å²) in [5.41, 5.74) is 2.12. The predicted molar refractivity (Wildman–Crippen MR) is 135 cm³/mol. The van der Waals surface area contributed by atoms with Crippen LogP contribution in [0.2, 0.25) is 5.02 Å². The topological polar surface area (TPSA) is 91.3 Å². The van der Waals surface area contributed by atoms with Crippen LogP contribution in [0.1, 0.15) is 46.7 Å². The number of carbonyl (C=O) groups is 2. The molecule has 7 nitrogen and oxygen atoms in total. The molecule has 188 valence electrons. The number of carboxylic acid groups (broad SMARTS) is 1. The number of halogens is 1. The minimum absolute atomic E-state index is 0.0309. The number of carbonyl (C=O) groups excluding carboxylic acids is 1. The summed E-state index contributed by atoms with van der Waals surface area (Å²) in [6.45, 7) is 0.312. The lowest BCUT2D eigenvalue weighted by Gasteiger charge is -2.24. The van der Waals surface area contributed by atoms with Gasteiger partial charge in [0.25, 0.3) is 0 Å². The Balaban J connectivity index is 1.38. The molecule has 8 heteroatoms.